The van der Waals surface area contributed by atoms with Crippen LogP contribution in [-0.2, 0) is 9.59 Å². The Bertz CT molecular complexity index is 426. The lowest BCUT2D eigenvalue weighted by molar-refractivity contribution is -0.139. The highest BCUT2D eigenvalue weighted by molar-refractivity contribution is 5.82. The van der Waals surface area contributed by atoms with E-state index in [1.54, 1.807) is 4.90 Å². The Labute approximate surface area is 124 Å². The number of urea groups is 1. The fraction of sp³-hybridized carbons (Fsp3) is 0.786. The largest absolute Gasteiger partial charge is 0.480 e. The van der Waals surface area contributed by atoms with Crippen LogP contribution in [0.4, 0.5) is 4.79 Å². The molecule has 3 N–H and O–H groups in total. The van der Waals surface area contributed by atoms with Gasteiger partial charge in [-0.1, -0.05) is 13.3 Å². The zero-order valence-corrected chi connectivity index (χ0v) is 12.3. The van der Waals surface area contributed by atoms with Crippen LogP contribution >= 0.6 is 0 Å². The zero-order chi connectivity index (χ0) is 15.4. The van der Waals surface area contributed by atoms with E-state index in [1.165, 1.54) is 0 Å². The number of fused-ring (bicyclic) bond motifs is 1. The summed E-state index contributed by atoms with van der Waals surface area (Å²) < 4.78 is 0. The SMILES string of the molecule is CCC[C@H](NC(=O)N1CCC2NC(=O)CCC2C1)C(=O)O. The molecule has 0 aromatic heterocycles. The van der Waals surface area contributed by atoms with Gasteiger partial charge in [-0.15, -0.1) is 0 Å². The smallest absolute Gasteiger partial charge is 0.326 e. The molecule has 2 aliphatic heterocycles. The molecule has 0 bridgehead atoms. The second kappa shape index (κ2) is 6.78. The number of aliphatic carboxylic acids is 1. The van der Waals surface area contributed by atoms with E-state index in [-0.39, 0.29) is 23.9 Å². The fourth-order valence-electron chi connectivity index (χ4n) is 3.08. The van der Waals surface area contributed by atoms with Gasteiger partial charge in [0.25, 0.3) is 0 Å². The van der Waals surface area contributed by atoms with Gasteiger partial charge in [-0.05, 0) is 25.2 Å². The molecule has 0 aromatic rings. The van der Waals surface area contributed by atoms with Crippen molar-refractivity contribution in [2.24, 2.45) is 5.92 Å². The molecule has 3 atom stereocenters. The molecule has 0 radical (unpaired) electrons. The first-order valence-corrected chi connectivity index (χ1v) is 7.59. The molecule has 0 saturated carbocycles. The quantitative estimate of drug-likeness (QED) is 0.705. The lowest BCUT2D eigenvalue weighted by Crippen LogP contribution is -2.58. The summed E-state index contributed by atoms with van der Waals surface area (Å²) in [6.45, 7) is 3.01. The Morgan fingerprint density at radius 3 is 2.90 bits per heavy atom. The number of nitrogens with zero attached hydrogens (tertiary/aromatic N) is 1. The Morgan fingerprint density at radius 1 is 1.48 bits per heavy atom. The molecule has 0 spiro atoms. The van der Waals surface area contributed by atoms with Gasteiger partial charge >= 0.3 is 12.0 Å². The molecule has 2 aliphatic rings. The third-order valence-electron chi connectivity index (χ3n) is 4.28. The minimum Gasteiger partial charge on any atom is -0.480 e. The molecule has 2 fully saturated rings. The van der Waals surface area contributed by atoms with Crippen LogP contribution in [0.2, 0.25) is 0 Å². The maximum atomic E-state index is 12.2. The molecular formula is C14H23N3O4. The second-order valence-electron chi connectivity index (χ2n) is 5.84. The number of carboxylic acids is 1. The van der Waals surface area contributed by atoms with Crippen molar-refractivity contribution in [1.82, 2.24) is 15.5 Å². The Hall–Kier alpha value is -1.79. The highest BCUT2D eigenvalue weighted by atomic mass is 16.4. The van der Waals surface area contributed by atoms with Crippen LogP contribution in [0.5, 0.6) is 0 Å². The molecule has 3 amide bonds. The van der Waals surface area contributed by atoms with Crippen molar-refractivity contribution >= 4 is 17.9 Å². The number of nitrogens with one attached hydrogen (secondary N) is 2. The van der Waals surface area contributed by atoms with E-state index in [4.69, 9.17) is 5.11 Å². The number of amides is 3. The van der Waals surface area contributed by atoms with E-state index >= 15 is 0 Å². The summed E-state index contributed by atoms with van der Waals surface area (Å²) >= 11 is 0. The summed E-state index contributed by atoms with van der Waals surface area (Å²) in [4.78, 5) is 36.3. The van der Waals surface area contributed by atoms with Gasteiger partial charge in [0, 0.05) is 25.6 Å². The number of carbonyl (C=O) groups excluding carboxylic acids is 2. The number of hydrogen-bond donors (Lipinski definition) is 3. The monoisotopic (exact) mass is 297 g/mol. The highest BCUT2D eigenvalue weighted by Gasteiger charge is 2.35. The average Bonchev–Trinajstić information content (AvgIpc) is 2.45. The summed E-state index contributed by atoms with van der Waals surface area (Å²) in [6, 6.07) is -0.987. The van der Waals surface area contributed by atoms with E-state index in [0.29, 0.717) is 32.4 Å². The number of likely N-dealkylation sites (tertiary alicyclic amines) is 1. The topological polar surface area (TPSA) is 98.7 Å². The van der Waals surface area contributed by atoms with Crippen molar-refractivity contribution in [3.8, 4) is 0 Å². The van der Waals surface area contributed by atoms with Crippen molar-refractivity contribution in [2.75, 3.05) is 13.1 Å². The van der Waals surface area contributed by atoms with Gasteiger partial charge in [0.15, 0.2) is 0 Å². The summed E-state index contributed by atoms with van der Waals surface area (Å²) in [5.74, 6) is -0.635. The lowest BCUT2D eigenvalue weighted by atomic mass is 9.85. The Balaban J connectivity index is 1.89. The lowest BCUT2D eigenvalue weighted by Gasteiger charge is -2.41. The minimum absolute atomic E-state index is 0.0861. The van der Waals surface area contributed by atoms with Gasteiger partial charge < -0.3 is 20.6 Å². The number of hydrogen-bond acceptors (Lipinski definition) is 3. The highest BCUT2D eigenvalue weighted by Crippen LogP contribution is 2.25. The van der Waals surface area contributed by atoms with Crippen LogP contribution in [0, 0.1) is 5.92 Å². The van der Waals surface area contributed by atoms with Crippen molar-refractivity contribution in [1.29, 1.82) is 0 Å². The van der Waals surface area contributed by atoms with Crippen LogP contribution < -0.4 is 10.6 Å². The third kappa shape index (κ3) is 3.86. The van der Waals surface area contributed by atoms with E-state index in [9.17, 15) is 14.4 Å². The van der Waals surface area contributed by atoms with E-state index < -0.39 is 12.0 Å². The van der Waals surface area contributed by atoms with Crippen LogP contribution in [0.25, 0.3) is 0 Å². The number of carbonyl (C=O) groups is 3. The second-order valence-corrected chi connectivity index (χ2v) is 5.84. The van der Waals surface area contributed by atoms with Crippen LogP contribution in [0.3, 0.4) is 0 Å². The maximum Gasteiger partial charge on any atom is 0.326 e. The number of carboxylic acid groups (broad SMARTS) is 1. The van der Waals surface area contributed by atoms with Gasteiger partial charge in [0.05, 0.1) is 0 Å². The molecule has 0 aliphatic carbocycles. The standard InChI is InChI=1S/C14H23N3O4/c1-2-3-11(13(19)20)16-14(21)17-7-6-10-9(8-17)4-5-12(18)15-10/h9-11H,2-8H2,1H3,(H,15,18)(H,16,21)(H,19,20)/t9?,10?,11-/m0/s1. The van der Waals surface area contributed by atoms with Gasteiger partial charge in [0.2, 0.25) is 5.91 Å². The maximum absolute atomic E-state index is 12.2. The summed E-state index contributed by atoms with van der Waals surface area (Å²) in [5.41, 5.74) is 0. The predicted molar refractivity (Wildman–Crippen MR) is 75.7 cm³/mol. The molecule has 118 valence electrons. The van der Waals surface area contributed by atoms with Gasteiger partial charge in [0.1, 0.15) is 6.04 Å². The van der Waals surface area contributed by atoms with Gasteiger partial charge in [-0.3, -0.25) is 4.79 Å². The van der Waals surface area contributed by atoms with Gasteiger partial charge in [-0.2, -0.15) is 0 Å². The Morgan fingerprint density at radius 2 is 2.24 bits per heavy atom. The third-order valence-corrected chi connectivity index (χ3v) is 4.28. The van der Waals surface area contributed by atoms with Crippen molar-refractivity contribution in [2.45, 2.75) is 51.1 Å². The molecule has 2 rings (SSSR count). The molecule has 7 nitrogen and oxygen atoms in total. The first-order chi connectivity index (χ1) is 10.0. The summed E-state index contributed by atoms with van der Waals surface area (Å²) in [7, 11) is 0. The van der Waals surface area contributed by atoms with Crippen molar-refractivity contribution in [3.63, 3.8) is 0 Å². The van der Waals surface area contributed by atoms with Gasteiger partial charge in [-0.25, -0.2) is 9.59 Å². The number of rotatable bonds is 4. The molecule has 0 aromatic carbocycles. The molecular weight excluding hydrogens is 274 g/mol. The zero-order valence-electron chi connectivity index (χ0n) is 12.3. The fourth-order valence-corrected chi connectivity index (χ4v) is 3.08. The minimum atomic E-state index is -0.995. The molecule has 2 heterocycles. The van der Waals surface area contributed by atoms with Crippen LogP contribution in [0.15, 0.2) is 0 Å². The summed E-state index contributed by atoms with van der Waals surface area (Å²) in [5, 5.41) is 14.6. The average molecular weight is 297 g/mol. The molecule has 7 heteroatoms. The molecule has 2 unspecified atom stereocenters. The van der Waals surface area contributed by atoms with E-state index in [2.05, 4.69) is 10.6 Å². The first-order valence-electron chi connectivity index (χ1n) is 7.59. The van der Waals surface area contributed by atoms with Crippen molar-refractivity contribution < 1.29 is 19.5 Å². The van der Waals surface area contributed by atoms with Crippen molar-refractivity contribution in [3.05, 3.63) is 0 Å². The Kier molecular flexibility index (Phi) is 5.03. The number of piperidine rings is 2. The van der Waals surface area contributed by atoms with Crippen LogP contribution in [0.1, 0.15) is 39.0 Å². The molecule has 2 saturated heterocycles. The first kappa shape index (κ1) is 15.6. The van der Waals surface area contributed by atoms with Crippen LogP contribution in [-0.4, -0.2) is 53.1 Å². The van der Waals surface area contributed by atoms with E-state index in [0.717, 1.165) is 12.8 Å². The molecule has 21 heavy (non-hydrogen) atoms. The summed E-state index contributed by atoms with van der Waals surface area (Å²) in [6.07, 6.45) is 3.15. The predicted octanol–water partition coefficient (Wildman–Crippen LogP) is 0.550. The normalized spacial score (nSPS) is 26.5. The van der Waals surface area contributed by atoms with E-state index in [1.807, 2.05) is 6.92 Å².